The molecule has 0 unspecified atom stereocenters. The fraction of sp³-hybridized carbons (Fsp3) is 0.200. The van der Waals surface area contributed by atoms with E-state index in [9.17, 15) is 14.0 Å². The number of rotatable bonds is 5. The molecule has 0 aromatic heterocycles. The van der Waals surface area contributed by atoms with Crippen molar-refractivity contribution < 1.29 is 18.7 Å². The van der Waals surface area contributed by atoms with E-state index in [0.717, 1.165) is 11.1 Å². The van der Waals surface area contributed by atoms with Crippen LogP contribution in [0, 0.1) is 5.82 Å². The van der Waals surface area contributed by atoms with Gasteiger partial charge in [0.2, 0.25) is 5.91 Å². The van der Waals surface area contributed by atoms with Gasteiger partial charge in [0.25, 0.3) is 0 Å². The molecule has 1 saturated heterocycles. The Balaban J connectivity index is 1.59. The number of ether oxygens (including phenoxy) is 1. The Morgan fingerprint density at radius 1 is 1.16 bits per heavy atom. The minimum absolute atomic E-state index is 0.181. The summed E-state index contributed by atoms with van der Waals surface area (Å²) in [7, 11) is 0. The van der Waals surface area contributed by atoms with Gasteiger partial charge in [-0.05, 0) is 29.7 Å². The predicted octanol–water partition coefficient (Wildman–Crippen LogP) is 4.34. The summed E-state index contributed by atoms with van der Waals surface area (Å²) >= 11 is 0. The first-order valence-electron chi connectivity index (χ1n) is 8.11. The van der Waals surface area contributed by atoms with Gasteiger partial charge >= 0.3 is 6.09 Å². The van der Waals surface area contributed by atoms with Gasteiger partial charge in [-0.1, -0.05) is 54.6 Å². The van der Waals surface area contributed by atoms with E-state index in [4.69, 9.17) is 4.74 Å². The van der Waals surface area contributed by atoms with E-state index in [1.165, 1.54) is 17.0 Å². The second-order valence-corrected chi connectivity index (χ2v) is 5.76. The van der Waals surface area contributed by atoms with Gasteiger partial charge in [-0.2, -0.15) is 0 Å². The average Bonchev–Trinajstić information content (AvgIpc) is 3.02. The summed E-state index contributed by atoms with van der Waals surface area (Å²) in [5.41, 5.74) is 1.74. The van der Waals surface area contributed by atoms with Crippen LogP contribution in [0.4, 0.5) is 9.18 Å². The summed E-state index contributed by atoms with van der Waals surface area (Å²) in [4.78, 5) is 25.5. The number of halogens is 1. The van der Waals surface area contributed by atoms with Crippen molar-refractivity contribution in [3.63, 3.8) is 0 Å². The summed E-state index contributed by atoms with van der Waals surface area (Å²) in [6.45, 7) is 0.181. The molecule has 0 saturated carbocycles. The molecule has 1 aliphatic heterocycles. The standard InChI is InChI=1S/C20H18FNO3/c21-17-12-10-15(11-13-17)6-4-5-9-19(23)22-18(14-25-20(22)24)16-7-2-1-3-8-16/h1-4,6-8,10-13,18H,5,9,14H2/b6-4+/t18-/m1/s1. The van der Waals surface area contributed by atoms with Crippen LogP contribution in [0.2, 0.25) is 0 Å². The van der Waals surface area contributed by atoms with Crippen LogP contribution in [0.25, 0.3) is 6.08 Å². The number of carbonyl (C=O) groups is 2. The molecule has 1 heterocycles. The molecule has 2 aromatic carbocycles. The number of nitrogens with zero attached hydrogens (tertiary/aromatic N) is 1. The molecule has 2 amide bonds. The number of hydrogen-bond donors (Lipinski definition) is 0. The molecular weight excluding hydrogens is 321 g/mol. The van der Waals surface area contributed by atoms with Crippen LogP contribution in [0.15, 0.2) is 60.7 Å². The zero-order chi connectivity index (χ0) is 17.6. The number of imide groups is 1. The van der Waals surface area contributed by atoms with Crippen molar-refractivity contribution in [1.29, 1.82) is 0 Å². The van der Waals surface area contributed by atoms with Crippen molar-refractivity contribution in [2.75, 3.05) is 6.61 Å². The first kappa shape index (κ1) is 16.9. The number of allylic oxidation sites excluding steroid dienone is 1. The second kappa shape index (κ2) is 7.75. The minimum atomic E-state index is -0.596. The molecule has 4 nitrogen and oxygen atoms in total. The summed E-state index contributed by atoms with van der Waals surface area (Å²) in [6, 6.07) is 15.1. The maximum Gasteiger partial charge on any atom is 0.417 e. The first-order valence-corrected chi connectivity index (χ1v) is 8.11. The van der Waals surface area contributed by atoms with Gasteiger partial charge < -0.3 is 4.74 Å². The molecule has 0 N–H and O–H groups in total. The topological polar surface area (TPSA) is 46.6 Å². The fourth-order valence-corrected chi connectivity index (χ4v) is 2.74. The molecule has 0 spiro atoms. The lowest BCUT2D eigenvalue weighted by Crippen LogP contribution is -2.33. The SMILES string of the molecule is O=C(CC/C=C/c1ccc(F)cc1)N1C(=O)OC[C@@H]1c1ccccc1. The molecule has 0 radical (unpaired) electrons. The van der Waals surface area contributed by atoms with Crippen molar-refractivity contribution in [2.24, 2.45) is 0 Å². The molecule has 0 aliphatic carbocycles. The lowest BCUT2D eigenvalue weighted by molar-refractivity contribution is -0.129. The van der Waals surface area contributed by atoms with Crippen LogP contribution in [0.1, 0.15) is 30.0 Å². The minimum Gasteiger partial charge on any atom is -0.446 e. The number of hydrogen-bond acceptors (Lipinski definition) is 3. The van der Waals surface area contributed by atoms with E-state index >= 15 is 0 Å². The molecule has 1 aliphatic rings. The van der Waals surface area contributed by atoms with Gasteiger partial charge in [-0.3, -0.25) is 4.79 Å². The quantitative estimate of drug-likeness (QED) is 0.814. The summed E-state index contributed by atoms with van der Waals surface area (Å²) in [6.07, 6.45) is 3.76. The number of benzene rings is 2. The second-order valence-electron chi connectivity index (χ2n) is 5.76. The van der Waals surface area contributed by atoms with Crippen LogP contribution >= 0.6 is 0 Å². The largest absolute Gasteiger partial charge is 0.446 e. The molecule has 25 heavy (non-hydrogen) atoms. The number of cyclic esters (lactones) is 1. The van der Waals surface area contributed by atoms with E-state index in [0.29, 0.717) is 6.42 Å². The Morgan fingerprint density at radius 2 is 1.88 bits per heavy atom. The van der Waals surface area contributed by atoms with Crippen molar-refractivity contribution in [2.45, 2.75) is 18.9 Å². The van der Waals surface area contributed by atoms with Gasteiger partial charge in [0.15, 0.2) is 0 Å². The van der Waals surface area contributed by atoms with Gasteiger partial charge in [0.05, 0.1) is 0 Å². The van der Waals surface area contributed by atoms with E-state index in [2.05, 4.69) is 0 Å². The third-order valence-corrected chi connectivity index (χ3v) is 4.03. The summed E-state index contributed by atoms with van der Waals surface area (Å²) < 4.78 is 17.9. The number of carbonyl (C=O) groups excluding carboxylic acids is 2. The molecule has 1 atom stereocenters. The highest BCUT2D eigenvalue weighted by molar-refractivity contribution is 5.93. The lowest BCUT2D eigenvalue weighted by atomic mass is 10.1. The van der Waals surface area contributed by atoms with Crippen molar-refractivity contribution in [3.05, 3.63) is 77.6 Å². The Hall–Kier alpha value is -2.95. The Morgan fingerprint density at radius 3 is 2.60 bits per heavy atom. The maximum absolute atomic E-state index is 12.8. The molecule has 128 valence electrons. The Kier molecular flexibility index (Phi) is 5.23. The van der Waals surface area contributed by atoms with E-state index in [1.807, 2.05) is 42.5 Å². The highest BCUT2D eigenvalue weighted by Crippen LogP contribution is 2.28. The summed E-state index contributed by atoms with van der Waals surface area (Å²) in [5.74, 6) is -0.549. The van der Waals surface area contributed by atoms with Gasteiger partial charge in [0, 0.05) is 6.42 Å². The zero-order valence-corrected chi connectivity index (χ0v) is 13.6. The molecule has 5 heteroatoms. The zero-order valence-electron chi connectivity index (χ0n) is 13.6. The number of amides is 2. The monoisotopic (exact) mass is 339 g/mol. The molecule has 2 aromatic rings. The predicted molar refractivity (Wildman–Crippen MR) is 92.0 cm³/mol. The van der Waals surface area contributed by atoms with Crippen LogP contribution in [0.5, 0.6) is 0 Å². The van der Waals surface area contributed by atoms with Crippen LogP contribution in [-0.4, -0.2) is 23.5 Å². The van der Waals surface area contributed by atoms with Gasteiger partial charge in [0.1, 0.15) is 18.5 Å². The molecular formula is C20H18FNO3. The normalized spacial score (nSPS) is 17.1. The third-order valence-electron chi connectivity index (χ3n) is 4.03. The van der Waals surface area contributed by atoms with Crippen molar-refractivity contribution >= 4 is 18.1 Å². The van der Waals surface area contributed by atoms with E-state index in [1.54, 1.807) is 12.1 Å². The Labute approximate surface area is 145 Å². The average molecular weight is 339 g/mol. The molecule has 0 bridgehead atoms. The summed E-state index contributed by atoms with van der Waals surface area (Å²) in [5, 5.41) is 0. The fourth-order valence-electron chi connectivity index (χ4n) is 2.74. The van der Waals surface area contributed by atoms with Gasteiger partial charge in [-0.25, -0.2) is 14.1 Å². The maximum atomic E-state index is 12.8. The smallest absolute Gasteiger partial charge is 0.417 e. The first-order chi connectivity index (χ1) is 12.1. The van der Waals surface area contributed by atoms with E-state index < -0.39 is 6.09 Å². The van der Waals surface area contributed by atoms with Crippen LogP contribution in [0.3, 0.4) is 0 Å². The van der Waals surface area contributed by atoms with Crippen LogP contribution in [-0.2, 0) is 9.53 Å². The highest BCUT2D eigenvalue weighted by atomic mass is 19.1. The van der Waals surface area contributed by atoms with Crippen LogP contribution < -0.4 is 0 Å². The third kappa shape index (κ3) is 4.12. The highest BCUT2D eigenvalue weighted by Gasteiger charge is 2.38. The Bertz CT molecular complexity index is 771. The van der Waals surface area contributed by atoms with Gasteiger partial charge in [-0.15, -0.1) is 0 Å². The van der Waals surface area contributed by atoms with Crippen molar-refractivity contribution in [3.8, 4) is 0 Å². The molecule has 1 fully saturated rings. The lowest BCUT2D eigenvalue weighted by Gasteiger charge is -2.19. The molecule has 3 rings (SSSR count). The van der Waals surface area contributed by atoms with E-state index in [-0.39, 0.29) is 30.8 Å². The van der Waals surface area contributed by atoms with Crippen molar-refractivity contribution in [1.82, 2.24) is 4.90 Å².